The highest BCUT2D eigenvalue weighted by molar-refractivity contribution is 5.92. The normalized spacial score (nSPS) is 10.7. The SMILES string of the molecule is C=C(C)C(=O)NCCC(=O)OC(C)(C)C. The summed E-state index contributed by atoms with van der Waals surface area (Å²) in [5, 5.41) is 2.56. The van der Waals surface area contributed by atoms with Crippen molar-refractivity contribution >= 4 is 11.9 Å². The topological polar surface area (TPSA) is 55.4 Å². The third-order valence-corrected chi connectivity index (χ3v) is 1.42. The molecule has 86 valence electrons. The lowest BCUT2D eigenvalue weighted by molar-refractivity contribution is -0.154. The molecule has 4 heteroatoms. The van der Waals surface area contributed by atoms with Crippen LogP contribution in [0.4, 0.5) is 0 Å². The third-order valence-electron chi connectivity index (χ3n) is 1.42. The molecule has 0 aromatic rings. The van der Waals surface area contributed by atoms with Crippen molar-refractivity contribution in [2.75, 3.05) is 6.54 Å². The first-order chi connectivity index (χ1) is 6.72. The summed E-state index contributed by atoms with van der Waals surface area (Å²) in [5.41, 5.74) is -0.0469. The Balaban J connectivity index is 3.74. The van der Waals surface area contributed by atoms with Gasteiger partial charge in [0, 0.05) is 12.1 Å². The van der Waals surface area contributed by atoms with Gasteiger partial charge < -0.3 is 10.1 Å². The molecule has 0 saturated heterocycles. The summed E-state index contributed by atoms with van der Waals surface area (Å²) in [4.78, 5) is 22.3. The molecule has 0 aliphatic carbocycles. The van der Waals surface area contributed by atoms with Gasteiger partial charge in [0.25, 0.3) is 0 Å². The number of amides is 1. The number of nitrogens with one attached hydrogen (secondary N) is 1. The van der Waals surface area contributed by atoms with Crippen LogP contribution in [0.15, 0.2) is 12.2 Å². The summed E-state index contributed by atoms with van der Waals surface area (Å²) < 4.78 is 5.07. The van der Waals surface area contributed by atoms with E-state index < -0.39 is 5.60 Å². The van der Waals surface area contributed by atoms with Crippen LogP contribution in [0, 0.1) is 0 Å². The Kier molecular flexibility index (Phi) is 5.05. The van der Waals surface area contributed by atoms with Gasteiger partial charge in [-0.1, -0.05) is 6.58 Å². The molecule has 0 fully saturated rings. The van der Waals surface area contributed by atoms with Crippen molar-refractivity contribution in [2.45, 2.75) is 39.7 Å². The minimum atomic E-state index is -0.477. The van der Waals surface area contributed by atoms with Crippen molar-refractivity contribution in [3.63, 3.8) is 0 Å². The molecule has 1 N–H and O–H groups in total. The summed E-state index contributed by atoms with van der Waals surface area (Å²) in [6.07, 6.45) is 0.177. The van der Waals surface area contributed by atoms with E-state index >= 15 is 0 Å². The summed E-state index contributed by atoms with van der Waals surface area (Å²) in [6, 6.07) is 0. The minimum absolute atomic E-state index is 0.177. The van der Waals surface area contributed by atoms with E-state index in [-0.39, 0.29) is 24.8 Å². The molecule has 0 radical (unpaired) electrons. The Labute approximate surface area is 90.7 Å². The maximum absolute atomic E-state index is 11.2. The highest BCUT2D eigenvalue weighted by atomic mass is 16.6. The van der Waals surface area contributed by atoms with Gasteiger partial charge in [-0.25, -0.2) is 0 Å². The van der Waals surface area contributed by atoms with E-state index in [1.165, 1.54) is 0 Å². The predicted octanol–water partition coefficient (Wildman–Crippen LogP) is 1.41. The van der Waals surface area contributed by atoms with Gasteiger partial charge in [-0.15, -0.1) is 0 Å². The van der Waals surface area contributed by atoms with Gasteiger partial charge in [-0.2, -0.15) is 0 Å². The molecular formula is C11H19NO3. The van der Waals surface area contributed by atoms with E-state index in [1.807, 2.05) is 0 Å². The zero-order valence-electron chi connectivity index (χ0n) is 9.85. The molecule has 1 amide bonds. The molecular weight excluding hydrogens is 194 g/mol. The van der Waals surface area contributed by atoms with Crippen molar-refractivity contribution < 1.29 is 14.3 Å². The lowest BCUT2D eigenvalue weighted by Gasteiger charge is -2.19. The van der Waals surface area contributed by atoms with Gasteiger partial charge in [-0.3, -0.25) is 9.59 Å². The Morgan fingerprint density at radius 1 is 1.33 bits per heavy atom. The fourth-order valence-electron chi connectivity index (χ4n) is 0.822. The molecule has 0 aliphatic heterocycles. The van der Waals surface area contributed by atoms with E-state index in [0.717, 1.165) is 0 Å². The van der Waals surface area contributed by atoms with Gasteiger partial charge in [0.15, 0.2) is 0 Å². The van der Waals surface area contributed by atoms with Gasteiger partial charge in [-0.05, 0) is 27.7 Å². The Morgan fingerprint density at radius 2 is 1.87 bits per heavy atom. The molecule has 0 rings (SSSR count). The van der Waals surface area contributed by atoms with Gasteiger partial charge in [0.1, 0.15) is 5.60 Å². The van der Waals surface area contributed by atoms with E-state index in [4.69, 9.17) is 4.74 Å². The number of rotatable bonds is 4. The molecule has 0 saturated carbocycles. The van der Waals surface area contributed by atoms with Gasteiger partial charge in [0.05, 0.1) is 6.42 Å². The molecule has 0 unspecified atom stereocenters. The highest BCUT2D eigenvalue weighted by Crippen LogP contribution is 2.07. The zero-order valence-corrected chi connectivity index (χ0v) is 9.85. The number of esters is 1. The Bertz CT molecular complexity index is 263. The third kappa shape index (κ3) is 7.73. The summed E-state index contributed by atoms with van der Waals surface area (Å²) >= 11 is 0. The molecule has 0 heterocycles. The van der Waals surface area contributed by atoms with E-state index in [0.29, 0.717) is 5.57 Å². The van der Waals surface area contributed by atoms with Crippen molar-refractivity contribution in [3.8, 4) is 0 Å². The predicted molar refractivity (Wildman–Crippen MR) is 58.3 cm³/mol. The molecule has 0 aromatic carbocycles. The number of hydrogen-bond donors (Lipinski definition) is 1. The summed E-state index contributed by atoms with van der Waals surface area (Å²) in [5.74, 6) is -0.553. The summed E-state index contributed by atoms with van der Waals surface area (Å²) in [7, 11) is 0. The second kappa shape index (κ2) is 5.53. The average molecular weight is 213 g/mol. The van der Waals surface area contributed by atoms with Crippen LogP contribution in [0.1, 0.15) is 34.1 Å². The minimum Gasteiger partial charge on any atom is -0.460 e. The van der Waals surface area contributed by atoms with Crippen molar-refractivity contribution in [1.29, 1.82) is 0 Å². The lowest BCUT2D eigenvalue weighted by atomic mass is 10.2. The second-order valence-corrected chi connectivity index (χ2v) is 4.37. The van der Waals surface area contributed by atoms with Crippen LogP contribution >= 0.6 is 0 Å². The standard InChI is InChI=1S/C11H19NO3/c1-8(2)10(14)12-7-6-9(13)15-11(3,4)5/h1,6-7H2,2-5H3,(H,12,14). The number of hydrogen-bond acceptors (Lipinski definition) is 3. The molecule has 4 nitrogen and oxygen atoms in total. The zero-order chi connectivity index (χ0) is 12.1. The number of ether oxygens (including phenoxy) is 1. The number of carbonyl (C=O) groups is 2. The van der Waals surface area contributed by atoms with Crippen LogP contribution in [0.3, 0.4) is 0 Å². The molecule has 15 heavy (non-hydrogen) atoms. The largest absolute Gasteiger partial charge is 0.460 e. The van der Waals surface area contributed by atoms with Crippen molar-refractivity contribution in [2.24, 2.45) is 0 Å². The molecule has 0 aliphatic rings. The maximum Gasteiger partial charge on any atom is 0.308 e. The first kappa shape index (κ1) is 13.7. The lowest BCUT2D eigenvalue weighted by Crippen LogP contribution is -2.29. The second-order valence-electron chi connectivity index (χ2n) is 4.37. The monoisotopic (exact) mass is 213 g/mol. The highest BCUT2D eigenvalue weighted by Gasteiger charge is 2.15. The van der Waals surface area contributed by atoms with Crippen molar-refractivity contribution in [3.05, 3.63) is 12.2 Å². The van der Waals surface area contributed by atoms with Gasteiger partial charge >= 0.3 is 5.97 Å². The Hall–Kier alpha value is -1.32. The maximum atomic E-state index is 11.2. The fourth-order valence-corrected chi connectivity index (χ4v) is 0.822. The first-order valence-electron chi connectivity index (χ1n) is 4.88. The van der Waals surface area contributed by atoms with Crippen LogP contribution < -0.4 is 5.32 Å². The van der Waals surface area contributed by atoms with E-state index in [1.54, 1.807) is 27.7 Å². The number of carbonyl (C=O) groups excluding carboxylic acids is 2. The van der Waals surface area contributed by atoms with Crippen LogP contribution in [-0.2, 0) is 14.3 Å². The molecule has 0 spiro atoms. The smallest absolute Gasteiger partial charge is 0.308 e. The van der Waals surface area contributed by atoms with Gasteiger partial charge in [0.2, 0.25) is 5.91 Å². The van der Waals surface area contributed by atoms with Crippen molar-refractivity contribution in [1.82, 2.24) is 5.32 Å². The Morgan fingerprint density at radius 3 is 2.27 bits per heavy atom. The fraction of sp³-hybridized carbons (Fsp3) is 0.636. The first-order valence-corrected chi connectivity index (χ1v) is 4.88. The van der Waals surface area contributed by atoms with E-state index in [9.17, 15) is 9.59 Å². The molecule has 0 bridgehead atoms. The van der Waals surface area contributed by atoms with Crippen LogP contribution in [0.5, 0.6) is 0 Å². The molecule has 0 atom stereocenters. The quantitative estimate of drug-likeness (QED) is 0.567. The summed E-state index contributed by atoms with van der Waals surface area (Å²) in [6.45, 7) is 10.8. The van der Waals surface area contributed by atoms with Crippen LogP contribution in [0.2, 0.25) is 0 Å². The van der Waals surface area contributed by atoms with Crippen LogP contribution in [-0.4, -0.2) is 24.0 Å². The average Bonchev–Trinajstić information content (AvgIpc) is 2.00. The van der Waals surface area contributed by atoms with E-state index in [2.05, 4.69) is 11.9 Å². The van der Waals surface area contributed by atoms with Crippen LogP contribution in [0.25, 0.3) is 0 Å². The molecule has 0 aromatic heterocycles.